The average molecular weight is 448 g/mol. The van der Waals surface area contributed by atoms with Crippen molar-refractivity contribution in [3.8, 4) is 5.69 Å². The molecule has 8 nitrogen and oxygen atoms in total. The minimum Gasteiger partial charge on any atom is -0.351 e. The van der Waals surface area contributed by atoms with Crippen molar-refractivity contribution in [2.75, 3.05) is 31.1 Å². The summed E-state index contributed by atoms with van der Waals surface area (Å²) < 4.78 is 1.68. The van der Waals surface area contributed by atoms with Crippen LogP contribution < -0.4 is 4.90 Å². The highest BCUT2D eigenvalue weighted by Crippen LogP contribution is 2.24. The van der Waals surface area contributed by atoms with Crippen molar-refractivity contribution in [3.05, 3.63) is 71.5 Å². The van der Waals surface area contributed by atoms with Crippen LogP contribution in [0, 0.1) is 0 Å². The van der Waals surface area contributed by atoms with Gasteiger partial charge in [0.2, 0.25) is 5.91 Å². The van der Waals surface area contributed by atoms with Crippen molar-refractivity contribution >= 4 is 34.5 Å². The maximum Gasteiger partial charge on any atom is 0.223 e. The number of rotatable bonds is 5. The Balaban J connectivity index is 1.27. The Morgan fingerprint density at radius 1 is 0.938 bits per heavy atom. The van der Waals surface area contributed by atoms with E-state index in [2.05, 4.69) is 37.3 Å². The minimum absolute atomic E-state index is 0.190. The highest BCUT2D eigenvalue weighted by atomic mass is 35.5. The fraction of sp³-hybridized carbons (Fsp3) is 0.261. The molecule has 4 aromatic rings. The van der Waals surface area contributed by atoms with E-state index in [-0.39, 0.29) is 5.91 Å². The van der Waals surface area contributed by atoms with Crippen LogP contribution in [0.15, 0.2) is 60.9 Å². The summed E-state index contributed by atoms with van der Waals surface area (Å²) in [5.74, 6) is 0.932. The summed E-state index contributed by atoms with van der Waals surface area (Å²) >= 11 is 6.00. The zero-order chi connectivity index (χ0) is 21.9. The van der Waals surface area contributed by atoms with Gasteiger partial charge in [-0.2, -0.15) is 4.68 Å². The third-order valence-electron chi connectivity index (χ3n) is 5.69. The van der Waals surface area contributed by atoms with E-state index in [1.807, 2.05) is 35.2 Å². The number of halogens is 1. The quantitative estimate of drug-likeness (QED) is 0.467. The fourth-order valence-electron chi connectivity index (χ4n) is 3.95. The third-order valence-corrected chi connectivity index (χ3v) is 5.94. The maximum atomic E-state index is 12.7. The lowest BCUT2D eigenvalue weighted by atomic mass is 10.1. The van der Waals surface area contributed by atoms with Crippen molar-refractivity contribution in [2.45, 2.75) is 12.8 Å². The van der Waals surface area contributed by atoms with Crippen LogP contribution in [-0.4, -0.2) is 61.9 Å². The highest BCUT2D eigenvalue weighted by molar-refractivity contribution is 6.30. The molecule has 1 aliphatic heterocycles. The molecule has 0 saturated carbocycles. The van der Waals surface area contributed by atoms with Gasteiger partial charge in [-0.05, 0) is 36.2 Å². The smallest absolute Gasteiger partial charge is 0.223 e. The third kappa shape index (κ3) is 4.13. The number of carbonyl (C=O) groups is 1. The second-order valence-corrected chi connectivity index (χ2v) is 8.14. The van der Waals surface area contributed by atoms with Crippen LogP contribution in [0.1, 0.15) is 12.0 Å². The molecule has 9 heteroatoms. The predicted molar refractivity (Wildman–Crippen MR) is 123 cm³/mol. The Hall–Kier alpha value is -3.52. The van der Waals surface area contributed by atoms with Crippen LogP contribution in [0.5, 0.6) is 0 Å². The zero-order valence-corrected chi connectivity index (χ0v) is 18.2. The lowest BCUT2D eigenvalue weighted by molar-refractivity contribution is -0.131. The number of piperazine rings is 1. The SMILES string of the molecule is O=C(CCc1ccccc1)N1CCN(c2ncnc3c2nnn3-c2ccc(Cl)cc2)CC1. The Morgan fingerprint density at radius 2 is 1.69 bits per heavy atom. The lowest BCUT2D eigenvalue weighted by Gasteiger charge is -2.35. The number of nitrogens with zero attached hydrogens (tertiary/aromatic N) is 7. The summed E-state index contributed by atoms with van der Waals surface area (Å²) in [6, 6.07) is 17.5. The van der Waals surface area contributed by atoms with Gasteiger partial charge in [-0.25, -0.2) is 9.97 Å². The molecule has 0 N–H and O–H groups in total. The molecule has 1 aliphatic rings. The average Bonchev–Trinajstić information content (AvgIpc) is 3.28. The van der Waals surface area contributed by atoms with E-state index in [1.165, 1.54) is 11.9 Å². The van der Waals surface area contributed by atoms with Crippen LogP contribution in [-0.2, 0) is 11.2 Å². The first kappa shape index (κ1) is 20.4. The molecule has 2 aromatic carbocycles. The Morgan fingerprint density at radius 3 is 2.44 bits per heavy atom. The van der Waals surface area contributed by atoms with E-state index in [0.29, 0.717) is 48.8 Å². The van der Waals surface area contributed by atoms with E-state index < -0.39 is 0 Å². The van der Waals surface area contributed by atoms with Gasteiger partial charge in [-0.1, -0.05) is 47.1 Å². The topological polar surface area (TPSA) is 80.0 Å². The van der Waals surface area contributed by atoms with Crippen LogP contribution in [0.2, 0.25) is 5.02 Å². The van der Waals surface area contributed by atoms with E-state index in [9.17, 15) is 4.79 Å². The fourth-order valence-corrected chi connectivity index (χ4v) is 4.07. The standard InChI is InChI=1S/C23H22ClN7O/c24-18-7-9-19(10-8-18)31-23-21(27-28-31)22(25-16-26-23)30-14-12-29(13-15-30)20(32)11-6-17-4-2-1-3-5-17/h1-5,7-10,16H,6,11-15H2. The molecule has 2 aromatic heterocycles. The molecule has 1 saturated heterocycles. The van der Waals surface area contributed by atoms with Gasteiger partial charge in [0.1, 0.15) is 6.33 Å². The molecular formula is C23H22ClN7O. The summed E-state index contributed by atoms with van der Waals surface area (Å²) in [5.41, 5.74) is 3.30. The van der Waals surface area contributed by atoms with Crippen LogP contribution in [0.4, 0.5) is 5.82 Å². The predicted octanol–water partition coefficient (Wildman–Crippen LogP) is 3.15. The molecular weight excluding hydrogens is 426 g/mol. The highest BCUT2D eigenvalue weighted by Gasteiger charge is 2.24. The van der Waals surface area contributed by atoms with Gasteiger partial charge in [-0.3, -0.25) is 4.79 Å². The number of amides is 1. The number of benzene rings is 2. The molecule has 162 valence electrons. The molecule has 0 radical (unpaired) electrons. The zero-order valence-electron chi connectivity index (χ0n) is 17.4. The Kier molecular flexibility index (Phi) is 5.68. The minimum atomic E-state index is 0.190. The first-order chi connectivity index (χ1) is 15.7. The number of hydrogen-bond donors (Lipinski definition) is 0. The summed E-state index contributed by atoms with van der Waals surface area (Å²) in [6.45, 7) is 2.70. The van der Waals surface area contributed by atoms with E-state index in [0.717, 1.165) is 17.9 Å². The van der Waals surface area contributed by atoms with Crippen molar-refractivity contribution in [1.29, 1.82) is 0 Å². The van der Waals surface area contributed by atoms with Crippen molar-refractivity contribution < 1.29 is 4.79 Å². The molecule has 0 bridgehead atoms. The number of aromatic nitrogens is 5. The monoisotopic (exact) mass is 447 g/mol. The van der Waals surface area contributed by atoms with Gasteiger partial charge in [0.15, 0.2) is 17.0 Å². The lowest BCUT2D eigenvalue weighted by Crippen LogP contribution is -2.49. The molecule has 1 fully saturated rings. The Bertz CT molecular complexity index is 1220. The molecule has 0 atom stereocenters. The number of anilines is 1. The summed E-state index contributed by atoms with van der Waals surface area (Å²) in [4.78, 5) is 25.6. The van der Waals surface area contributed by atoms with Crippen molar-refractivity contribution in [2.24, 2.45) is 0 Å². The van der Waals surface area contributed by atoms with Crippen LogP contribution in [0.25, 0.3) is 16.9 Å². The summed E-state index contributed by atoms with van der Waals surface area (Å²) in [7, 11) is 0. The normalized spacial score (nSPS) is 14.2. The first-order valence-corrected chi connectivity index (χ1v) is 11.0. The molecule has 0 spiro atoms. The van der Waals surface area contributed by atoms with Gasteiger partial charge in [-0.15, -0.1) is 5.10 Å². The van der Waals surface area contributed by atoms with Crippen LogP contribution >= 0.6 is 11.6 Å². The maximum absolute atomic E-state index is 12.7. The molecule has 1 amide bonds. The molecule has 0 unspecified atom stereocenters. The van der Waals surface area contributed by atoms with Crippen LogP contribution in [0.3, 0.4) is 0 Å². The van der Waals surface area contributed by atoms with Crippen molar-refractivity contribution in [1.82, 2.24) is 29.9 Å². The number of hydrogen-bond acceptors (Lipinski definition) is 6. The first-order valence-electron chi connectivity index (χ1n) is 10.6. The second kappa shape index (κ2) is 8.92. The second-order valence-electron chi connectivity index (χ2n) is 7.70. The van der Waals surface area contributed by atoms with Gasteiger partial charge in [0.05, 0.1) is 5.69 Å². The number of fused-ring (bicyclic) bond motifs is 1. The number of aryl methyl sites for hydroxylation is 1. The number of carbonyl (C=O) groups excluding carboxylic acids is 1. The molecule has 0 aliphatic carbocycles. The summed E-state index contributed by atoms with van der Waals surface area (Å²) in [5, 5.41) is 9.28. The van der Waals surface area contributed by atoms with E-state index in [4.69, 9.17) is 11.6 Å². The summed E-state index contributed by atoms with van der Waals surface area (Å²) in [6.07, 6.45) is 2.82. The van der Waals surface area contributed by atoms with Gasteiger partial charge < -0.3 is 9.80 Å². The van der Waals surface area contributed by atoms with E-state index >= 15 is 0 Å². The molecule has 3 heterocycles. The molecule has 32 heavy (non-hydrogen) atoms. The largest absolute Gasteiger partial charge is 0.351 e. The van der Waals surface area contributed by atoms with Gasteiger partial charge >= 0.3 is 0 Å². The Labute approximate surface area is 190 Å². The van der Waals surface area contributed by atoms with E-state index in [1.54, 1.807) is 16.8 Å². The van der Waals surface area contributed by atoms with Gasteiger partial charge in [0.25, 0.3) is 0 Å². The van der Waals surface area contributed by atoms with Crippen molar-refractivity contribution in [3.63, 3.8) is 0 Å². The van der Waals surface area contributed by atoms with Gasteiger partial charge in [0, 0.05) is 37.6 Å². The molecule has 5 rings (SSSR count).